The number of phenols is 2. The summed E-state index contributed by atoms with van der Waals surface area (Å²) in [6.45, 7) is 0. The number of fused-ring (bicyclic) bond motifs is 2. The third kappa shape index (κ3) is 2.68. The molecule has 28 heavy (non-hydrogen) atoms. The second-order valence-corrected chi connectivity index (χ2v) is 6.41. The van der Waals surface area contributed by atoms with E-state index in [9.17, 15) is 30.0 Å². The lowest BCUT2D eigenvalue weighted by Gasteiger charge is -2.12. The van der Waals surface area contributed by atoms with Crippen LogP contribution in [0.25, 0.3) is 32.7 Å². The highest BCUT2D eigenvalue weighted by Gasteiger charge is 2.20. The van der Waals surface area contributed by atoms with Crippen LogP contribution in [0, 0.1) is 0 Å². The molecule has 0 spiro atoms. The molecule has 0 bridgehead atoms. The van der Waals surface area contributed by atoms with Crippen molar-refractivity contribution in [2.24, 2.45) is 0 Å². The molecule has 0 unspecified atom stereocenters. The van der Waals surface area contributed by atoms with Gasteiger partial charge in [0, 0.05) is 5.56 Å². The van der Waals surface area contributed by atoms with Crippen molar-refractivity contribution in [2.75, 3.05) is 0 Å². The van der Waals surface area contributed by atoms with Gasteiger partial charge < -0.3 is 20.4 Å². The van der Waals surface area contributed by atoms with Gasteiger partial charge >= 0.3 is 11.9 Å². The van der Waals surface area contributed by atoms with E-state index in [1.165, 1.54) is 12.1 Å². The van der Waals surface area contributed by atoms with Crippen molar-refractivity contribution in [3.8, 4) is 22.6 Å². The highest BCUT2D eigenvalue weighted by molar-refractivity contribution is 6.09. The Kier molecular flexibility index (Phi) is 3.89. The molecule has 0 saturated heterocycles. The number of carboxylic acid groups (broad SMARTS) is 2. The molecule has 0 heterocycles. The fraction of sp³-hybridized carbons (Fsp3) is 0. The van der Waals surface area contributed by atoms with E-state index in [1.807, 2.05) is 0 Å². The fourth-order valence-electron chi connectivity index (χ4n) is 3.40. The minimum atomic E-state index is -1.26. The van der Waals surface area contributed by atoms with Crippen LogP contribution in [0.1, 0.15) is 20.7 Å². The second-order valence-electron chi connectivity index (χ2n) is 6.41. The van der Waals surface area contributed by atoms with E-state index < -0.39 is 11.9 Å². The first-order valence-corrected chi connectivity index (χ1v) is 8.35. The summed E-state index contributed by atoms with van der Waals surface area (Å²) in [5.74, 6) is -3.20. The van der Waals surface area contributed by atoms with Gasteiger partial charge in [-0.15, -0.1) is 0 Å². The van der Waals surface area contributed by atoms with Crippen molar-refractivity contribution in [3.05, 3.63) is 71.8 Å². The molecule has 0 amide bonds. The fourth-order valence-corrected chi connectivity index (χ4v) is 3.40. The summed E-state index contributed by atoms with van der Waals surface area (Å²) in [5, 5.41) is 41.5. The molecule has 0 aliphatic rings. The zero-order chi connectivity index (χ0) is 20.0. The predicted molar refractivity (Wildman–Crippen MR) is 104 cm³/mol. The van der Waals surface area contributed by atoms with E-state index in [0.717, 1.165) is 0 Å². The molecule has 4 N–H and O–H groups in total. The first-order chi connectivity index (χ1) is 13.4. The Balaban J connectivity index is 2.01. The number of aromatic hydroxyl groups is 2. The first-order valence-electron chi connectivity index (χ1n) is 8.35. The van der Waals surface area contributed by atoms with Crippen LogP contribution in [0.4, 0.5) is 0 Å². The van der Waals surface area contributed by atoms with Crippen LogP contribution < -0.4 is 0 Å². The van der Waals surface area contributed by atoms with Gasteiger partial charge in [-0.05, 0) is 51.4 Å². The zero-order valence-corrected chi connectivity index (χ0v) is 14.4. The topological polar surface area (TPSA) is 115 Å². The van der Waals surface area contributed by atoms with Gasteiger partial charge in [0.25, 0.3) is 0 Å². The van der Waals surface area contributed by atoms with Gasteiger partial charge in [0.15, 0.2) is 0 Å². The number of aromatic carboxylic acids is 2. The summed E-state index contributed by atoms with van der Waals surface area (Å²) in [7, 11) is 0. The van der Waals surface area contributed by atoms with Crippen molar-refractivity contribution < 1.29 is 30.0 Å². The van der Waals surface area contributed by atoms with E-state index in [4.69, 9.17) is 0 Å². The maximum absolute atomic E-state index is 11.7. The van der Waals surface area contributed by atoms with Crippen LogP contribution in [-0.4, -0.2) is 32.4 Å². The van der Waals surface area contributed by atoms with Gasteiger partial charge in [-0.3, -0.25) is 0 Å². The lowest BCUT2D eigenvalue weighted by atomic mass is 9.93. The molecule has 0 aliphatic carbocycles. The Bertz CT molecular complexity index is 1290. The zero-order valence-electron chi connectivity index (χ0n) is 14.4. The Labute approximate surface area is 158 Å². The molecule has 4 aromatic rings. The molecule has 0 aliphatic heterocycles. The normalized spacial score (nSPS) is 11.0. The van der Waals surface area contributed by atoms with E-state index in [2.05, 4.69) is 0 Å². The molecular weight excluding hydrogens is 360 g/mol. The van der Waals surface area contributed by atoms with Crippen LogP contribution in [-0.2, 0) is 0 Å². The molecule has 6 heteroatoms. The van der Waals surface area contributed by atoms with Gasteiger partial charge in [0.05, 0.1) is 0 Å². The van der Waals surface area contributed by atoms with Crippen LogP contribution in [0.2, 0.25) is 0 Å². The molecule has 6 nitrogen and oxygen atoms in total. The largest absolute Gasteiger partial charge is 0.507 e. The summed E-state index contributed by atoms with van der Waals surface area (Å²) in [6.07, 6.45) is 0. The Hall–Kier alpha value is -4.06. The second kappa shape index (κ2) is 6.28. The van der Waals surface area contributed by atoms with Crippen molar-refractivity contribution in [1.29, 1.82) is 0 Å². The molecular formula is C22H14O6. The van der Waals surface area contributed by atoms with Crippen molar-refractivity contribution >= 4 is 33.5 Å². The quantitative estimate of drug-likeness (QED) is 0.421. The molecule has 138 valence electrons. The van der Waals surface area contributed by atoms with Crippen molar-refractivity contribution in [1.82, 2.24) is 0 Å². The SMILES string of the molecule is O=C(O)c1cc2cc(-c3cc4ccccc4c(C(=O)O)c3O)ccc2cc1O. The third-order valence-corrected chi connectivity index (χ3v) is 4.73. The van der Waals surface area contributed by atoms with Crippen molar-refractivity contribution in [3.63, 3.8) is 0 Å². The number of hydrogen-bond donors (Lipinski definition) is 4. The van der Waals surface area contributed by atoms with Gasteiger partial charge in [0.2, 0.25) is 0 Å². The van der Waals surface area contributed by atoms with Crippen LogP contribution >= 0.6 is 0 Å². The van der Waals surface area contributed by atoms with Crippen molar-refractivity contribution in [2.45, 2.75) is 0 Å². The monoisotopic (exact) mass is 374 g/mol. The highest BCUT2D eigenvalue weighted by Crippen LogP contribution is 2.39. The van der Waals surface area contributed by atoms with Gasteiger partial charge in [-0.1, -0.05) is 36.4 Å². The number of benzene rings is 4. The number of hydrogen-bond acceptors (Lipinski definition) is 4. The Morgan fingerprint density at radius 1 is 0.714 bits per heavy atom. The molecule has 0 atom stereocenters. The average Bonchev–Trinajstić information content (AvgIpc) is 2.66. The molecule has 0 radical (unpaired) electrons. The molecule has 0 saturated carbocycles. The number of carboxylic acids is 2. The number of carbonyl (C=O) groups is 2. The maximum Gasteiger partial charge on any atom is 0.340 e. The number of rotatable bonds is 3. The maximum atomic E-state index is 11.7. The summed E-state index contributed by atoms with van der Waals surface area (Å²) in [5.41, 5.74) is 0.423. The standard InChI is InChI=1S/C22H14O6/c23-18-10-11-5-6-13(7-14(11)9-17(18)21(25)26)16-8-12-3-1-2-4-15(12)19(20(16)24)22(27)28/h1-10,23-24H,(H,25,26)(H,27,28). The lowest BCUT2D eigenvalue weighted by Crippen LogP contribution is -2.00. The van der Waals surface area contributed by atoms with Gasteiger partial charge in [-0.25, -0.2) is 9.59 Å². The average molecular weight is 374 g/mol. The Morgan fingerprint density at radius 2 is 1.46 bits per heavy atom. The van der Waals surface area contributed by atoms with Crippen LogP contribution in [0.3, 0.4) is 0 Å². The minimum Gasteiger partial charge on any atom is -0.507 e. The third-order valence-electron chi connectivity index (χ3n) is 4.73. The Morgan fingerprint density at radius 3 is 2.18 bits per heavy atom. The van der Waals surface area contributed by atoms with E-state index >= 15 is 0 Å². The molecule has 4 rings (SSSR count). The van der Waals surface area contributed by atoms with E-state index in [0.29, 0.717) is 32.7 Å². The smallest absolute Gasteiger partial charge is 0.340 e. The minimum absolute atomic E-state index is 0.190. The van der Waals surface area contributed by atoms with Gasteiger partial charge in [0.1, 0.15) is 22.6 Å². The van der Waals surface area contributed by atoms with Gasteiger partial charge in [-0.2, -0.15) is 0 Å². The summed E-state index contributed by atoms with van der Waals surface area (Å²) >= 11 is 0. The first kappa shape index (κ1) is 17.4. The highest BCUT2D eigenvalue weighted by atomic mass is 16.4. The summed E-state index contributed by atoms with van der Waals surface area (Å²) in [4.78, 5) is 23.0. The van der Waals surface area contributed by atoms with Crippen LogP contribution in [0.5, 0.6) is 11.5 Å². The molecule has 4 aromatic carbocycles. The lowest BCUT2D eigenvalue weighted by molar-refractivity contribution is 0.0683. The summed E-state index contributed by atoms with van der Waals surface area (Å²) < 4.78 is 0. The predicted octanol–water partition coefficient (Wildman–Crippen LogP) is 4.47. The molecule has 0 fully saturated rings. The van der Waals surface area contributed by atoms with E-state index in [1.54, 1.807) is 48.5 Å². The summed E-state index contributed by atoms with van der Waals surface area (Å²) in [6, 6.07) is 16.2. The molecule has 0 aromatic heterocycles. The van der Waals surface area contributed by atoms with Crippen LogP contribution in [0.15, 0.2) is 60.7 Å². The van der Waals surface area contributed by atoms with E-state index in [-0.39, 0.29) is 22.6 Å².